The molecule has 194 valence electrons. The lowest BCUT2D eigenvalue weighted by Crippen LogP contribution is -2.50. The first-order chi connectivity index (χ1) is 17.6. The van der Waals surface area contributed by atoms with Crippen molar-refractivity contribution in [2.75, 3.05) is 52.5 Å². The van der Waals surface area contributed by atoms with Gasteiger partial charge in [-0.1, -0.05) is 36.8 Å². The molecule has 1 aliphatic carbocycles. The predicted molar refractivity (Wildman–Crippen MR) is 134 cm³/mol. The zero-order valence-corrected chi connectivity index (χ0v) is 21.0. The summed E-state index contributed by atoms with van der Waals surface area (Å²) in [7, 11) is 0. The van der Waals surface area contributed by atoms with Gasteiger partial charge in [-0.05, 0) is 37.2 Å². The van der Waals surface area contributed by atoms with Gasteiger partial charge < -0.3 is 24.2 Å². The minimum atomic E-state index is -0.0170. The summed E-state index contributed by atoms with van der Waals surface area (Å²) in [4.78, 5) is 45.2. The van der Waals surface area contributed by atoms with E-state index in [4.69, 9.17) is 9.47 Å². The summed E-state index contributed by atoms with van der Waals surface area (Å²) in [6.07, 6.45) is 8.25. The van der Waals surface area contributed by atoms with E-state index in [0.29, 0.717) is 59.0 Å². The molecule has 3 fully saturated rings. The number of fused-ring (bicyclic) bond motifs is 3. The number of carbonyl (C=O) groups is 3. The lowest BCUT2D eigenvalue weighted by atomic mass is 9.82. The Morgan fingerprint density at radius 1 is 0.972 bits per heavy atom. The van der Waals surface area contributed by atoms with Crippen LogP contribution in [0.1, 0.15) is 37.7 Å². The first-order valence-electron chi connectivity index (χ1n) is 13.4. The molecule has 3 heterocycles. The Hall–Kier alpha value is -2.87. The van der Waals surface area contributed by atoms with Crippen molar-refractivity contribution in [1.29, 1.82) is 0 Å². The third-order valence-electron chi connectivity index (χ3n) is 8.10. The number of rotatable bonds is 3. The zero-order chi connectivity index (χ0) is 24.9. The molecule has 36 heavy (non-hydrogen) atoms. The van der Waals surface area contributed by atoms with Gasteiger partial charge in [0.15, 0.2) is 0 Å². The molecule has 2 bridgehead atoms. The molecule has 3 amide bonds. The van der Waals surface area contributed by atoms with Crippen LogP contribution in [0.25, 0.3) is 0 Å². The number of benzene rings is 1. The van der Waals surface area contributed by atoms with Crippen molar-refractivity contribution in [3.63, 3.8) is 0 Å². The van der Waals surface area contributed by atoms with Gasteiger partial charge in [-0.15, -0.1) is 0 Å². The predicted octanol–water partition coefficient (Wildman–Crippen LogP) is 2.48. The molecule has 0 radical (unpaired) electrons. The fraction of sp³-hybridized carbons (Fsp3) is 0.607. The second-order valence-corrected chi connectivity index (χ2v) is 10.4. The lowest BCUT2D eigenvalue weighted by Gasteiger charge is -2.39. The molecule has 2 saturated heterocycles. The molecule has 2 atom stereocenters. The molecule has 8 heteroatoms. The first-order valence-corrected chi connectivity index (χ1v) is 13.4. The van der Waals surface area contributed by atoms with Crippen LogP contribution in [-0.4, -0.2) is 85.0 Å². The van der Waals surface area contributed by atoms with E-state index in [1.54, 1.807) is 4.90 Å². The van der Waals surface area contributed by atoms with E-state index in [9.17, 15) is 14.4 Å². The summed E-state index contributed by atoms with van der Waals surface area (Å²) in [6, 6.07) is 7.75. The third-order valence-corrected chi connectivity index (χ3v) is 8.10. The number of morpholine rings is 1. The van der Waals surface area contributed by atoms with Gasteiger partial charge in [0.1, 0.15) is 18.9 Å². The molecule has 0 aromatic heterocycles. The van der Waals surface area contributed by atoms with E-state index < -0.39 is 0 Å². The molecule has 4 aliphatic rings. The molecule has 1 saturated carbocycles. The maximum atomic E-state index is 13.4. The monoisotopic (exact) mass is 495 g/mol. The number of para-hydroxylation sites is 1. The van der Waals surface area contributed by atoms with Crippen LogP contribution >= 0.6 is 0 Å². The van der Waals surface area contributed by atoms with Crippen molar-refractivity contribution in [3.05, 3.63) is 42.0 Å². The van der Waals surface area contributed by atoms with Crippen LogP contribution in [0.4, 0.5) is 0 Å². The molecule has 3 aliphatic heterocycles. The Morgan fingerprint density at radius 2 is 1.78 bits per heavy atom. The smallest absolute Gasteiger partial charge is 0.242 e. The third kappa shape index (κ3) is 5.75. The molecule has 0 unspecified atom stereocenters. The molecule has 8 nitrogen and oxygen atoms in total. The number of nitrogens with zero attached hydrogens (tertiary/aromatic N) is 3. The van der Waals surface area contributed by atoms with E-state index in [-0.39, 0.29) is 42.0 Å². The second kappa shape index (κ2) is 11.5. The van der Waals surface area contributed by atoms with Gasteiger partial charge in [0.2, 0.25) is 17.7 Å². The number of amides is 3. The van der Waals surface area contributed by atoms with Gasteiger partial charge in [-0.2, -0.15) is 0 Å². The number of hydrogen-bond donors (Lipinski definition) is 0. The summed E-state index contributed by atoms with van der Waals surface area (Å²) in [5.41, 5.74) is 0.914. The lowest BCUT2D eigenvalue weighted by molar-refractivity contribution is -0.146. The number of hydrogen-bond acceptors (Lipinski definition) is 5. The van der Waals surface area contributed by atoms with Crippen LogP contribution in [0.5, 0.6) is 5.75 Å². The van der Waals surface area contributed by atoms with Gasteiger partial charge in [0, 0.05) is 50.6 Å². The number of carbonyl (C=O) groups excluding carboxylic acids is 3. The van der Waals surface area contributed by atoms with E-state index in [1.165, 1.54) is 0 Å². The molecule has 0 N–H and O–H groups in total. The molecular formula is C28H37N3O5. The number of ether oxygens (including phenoxy) is 2. The summed E-state index contributed by atoms with van der Waals surface area (Å²) in [5, 5.41) is 0. The van der Waals surface area contributed by atoms with Crippen molar-refractivity contribution >= 4 is 17.7 Å². The highest BCUT2D eigenvalue weighted by Gasteiger charge is 2.35. The highest BCUT2D eigenvalue weighted by molar-refractivity contribution is 5.86. The highest BCUT2D eigenvalue weighted by atomic mass is 16.5. The molecular weight excluding hydrogens is 458 g/mol. The van der Waals surface area contributed by atoms with Crippen LogP contribution in [0.15, 0.2) is 36.4 Å². The van der Waals surface area contributed by atoms with E-state index in [2.05, 4.69) is 6.08 Å². The number of piperidine rings is 1. The fourth-order valence-electron chi connectivity index (χ4n) is 5.63. The molecule has 0 spiro atoms. The van der Waals surface area contributed by atoms with Crippen molar-refractivity contribution in [2.45, 2.75) is 38.6 Å². The van der Waals surface area contributed by atoms with Crippen molar-refractivity contribution in [3.8, 4) is 5.75 Å². The van der Waals surface area contributed by atoms with Crippen molar-refractivity contribution < 1.29 is 23.9 Å². The first kappa shape index (κ1) is 24.8. The topological polar surface area (TPSA) is 79.4 Å². The average Bonchev–Trinajstić information content (AvgIpc) is 2.87. The van der Waals surface area contributed by atoms with Gasteiger partial charge >= 0.3 is 0 Å². The Labute approximate surface area is 213 Å². The minimum Gasteiger partial charge on any atom is -0.489 e. The molecule has 5 rings (SSSR count). The van der Waals surface area contributed by atoms with Gasteiger partial charge in [0.25, 0.3) is 0 Å². The summed E-state index contributed by atoms with van der Waals surface area (Å²) >= 11 is 0. The quantitative estimate of drug-likeness (QED) is 0.602. The van der Waals surface area contributed by atoms with Crippen molar-refractivity contribution in [1.82, 2.24) is 14.7 Å². The maximum Gasteiger partial charge on any atom is 0.242 e. The Morgan fingerprint density at radius 3 is 2.56 bits per heavy atom. The molecule has 1 aromatic rings. The zero-order valence-electron chi connectivity index (χ0n) is 21.0. The van der Waals surface area contributed by atoms with Gasteiger partial charge in [-0.25, -0.2) is 0 Å². The Balaban J connectivity index is 1.34. The fourth-order valence-corrected chi connectivity index (χ4v) is 5.63. The summed E-state index contributed by atoms with van der Waals surface area (Å²) < 4.78 is 11.5. The summed E-state index contributed by atoms with van der Waals surface area (Å²) in [5.74, 6) is 1.22. The standard InChI is InChI=1S/C28H37N3O5/c32-26(29-12-15-35-16-13-29)17-22-10-11-30-18-23(22)8-4-14-36-25-9-2-1-5-24(25)19-31(20-27(30)33)28(34)21-6-3-7-21/h1-2,4-5,8-9,21-23H,3,6-7,10-20H2/t22-,23-/m0/s1. The SMILES string of the molecule is O=C(C[C@@H]1CCN2C[C@@H]1C=CCOc1ccccc1CN(C(=O)C1CCC1)CC2=O)N1CCOCC1. The molecule has 1 aromatic carbocycles. The van der Waals surface area contributed by atoms with Crippen molar-refractivity contribution in [2.24, 2.45) is 17.8 Å². The van der Waals surface area contributed by atoms with E-state index >= 15 is 0 Å². The normalized spacial score (nSPS) is 25.6. The second-order valence-electron chi connectivity index (χ2n) is 10.4. The Bertz CT molecular complexity index is 985. The highest BCUT2D eigenvalue weighted by Crippen LogP contribution is 2.32. The van der Waals surface area contributed by atoms with Crippen LogP contribution in [-0.2, 0) is 25.7 Å². The van der Waals surface area contributed by atoms with Crippen LogP contribution in [0, 0.1) is 17.8 Å². The van der Waals surface area contributed by atoms with Crippen LogP contribution in [0.2, 0.25) is 0 Å². The summed E-state index contributed by atoms with van der Waals surface area (Å²) in [6.45, 7) is 4.52. The van der Waals surface area contributed by atoms with E-state index in [0.717, 1.165) is 37.0 Å². The van der Waals surface area contributed by atoms with Gasteiger partial charge in [-0.3, -0.25) is 14.4 Å². The Kier molecular flexibility index (Phi) is 7.90. The minimum absolute atomic E-state index is 0.0170. The van der Waals surface area contributed by atoms with Crippen LogP contribution < -0.4 is 4.74 Å². The van der Waals surface area contributed by atoms with E-state index in [1.807, 2.05) is 40.1 Å². The largest absolute Gasteiger partial charge is 0.489 e. The maximum absolute atomic E-state index is 13.4. The van der Waals surface area contributed by atoms with Gasteiger partial charge in [0.05, 0.1) is 13.2 Å². The van der Waals surface area contributed by atoms with Crippen LogP contribution in [0.3, 0.4) is 0 Å². The average molecular weight is 496 g/mol.